The Hall–Kier alpha value is -2.16. The van der Waals surface area contributed by atoms with Crippen LogP contribution in [-0.2, 0) is 0 Å². The highest BCUT2D eigenvalue weighted by Gasteiger charge is 2.09. The van der Waals surface area contributed by atoms with Gasteiger partial charge in [-0.3, -0.25) is 4.79 Å². The van der Waals surface area contributed by atoms with Crippen molar-refractivity contribution in [2.45, 2.75) is 0 Å². The van der Waals surface area contributed by atoms with Crippen molar-refractivity contribution in [2.24, 2.45) is 0 Å². The van der Waals surface area contributed by atoms with Gasteiger partial charge in [0.1, 0.15) is 11.3 Å². The van der Waals surface area contributed by atoms with Gasteiger partial charge >= 0.3 is 0 Å². The van der Waals surface area contributed by atoms with E-state index in [1.165, 1.54) is 6.20 Å². The molecule has 0 N–H and O–H groups in total. The van der Waals surface area contributed by atoms with Crippen molar-refractivity contribution in [1.29, 1.82) is 0 Å². The topological polar surface area (TPSA) is 43.1 Å². The Morgan fingerprint density at radius 3 is 2.93 bits per heavy atom. The highest BCUT2D eigenvalue weighted by molar-refractivity contribution is 5.82. The zero-order valence-electron chi connectivity index (χ0n) is 7.81. The molecule has 3 rings (SSSR count). The number of fused-ring (bicyclic) bond motifs is 2. The fraction of sp³-hybridized carbons (Fsp3) is 0. The van der Waals surface area contributed by atoms with Gasteiger partial charge in [-0.15, -0.1) is 0 Å². The smallest absolute Gasteiger partial charge is 0.280 e. The summed E-state index contributed by atoms with van der Waals surface area (Å²) in [6.45, 7) is 0. The Labute approximate surface area is 85.3 Å². The van der Waals surface area contributed by atoms with Crippen LogP contribution in [0, 0.1) is 0 Å². The fourth-order valence-electron chi connectivity index (χ4n) is 1.63. The first kappa shape index (κ1) is 8.17. The molecule has 72 valence electrons. The van der Waals surface area contributed by atoms with Crippen molar-refractivity contribution in [1.82, 2.24) is 4.98 Å². The molecule has 0 saturated carbocycles. The van der Waals surface area contributed by atoms with Gasteiger partial charge in [0.15, 0.2) is 0 Å². The van der Waals surface area contributed by atoms with Crippen molar-refractivity contribution in [2.75, 3.05) is 0 Å². The summed E-state index contributed by atoms with van der Waals surface area (Å²) < 4.78 is 5.59. The molecule has 1 aromatic carbocycles. The lowest BCUT2D eigenvalue weighted by Gasteiger charge is -2.04. The molecule has 0 aromatic heterocycles. The summed E-state index contributed by atoms with van der Waals surface area (Å²) in [7, 11) is 0. The zero-order chi connectivity index (χ0) is 10.3. The molecule has 0 fully saturated rings. The van der Waals surface area contributed by atoms with E-state index in [0.717, 1.165) is 11.0 Å². The molecule has 2 heterocycles. The molecular formula is C12H7NO2. The minimum atomic E-state index is -0.248. The summed E-state index contributed by atoms with van der Waals surface area (Å²) in [6, 6.07) is 11.1. The second-order valence-electron chi connectivity index (χ2n) is 3.31. The van der Waals surface area contributed by atoms with E-state index in [-0.39, 0.29) is 5.56 Å². The molecule has 0 atom stereocenters. The average molecular weight is 197 g/mol. The van der Waals surface area contributed by atoms with Crippen molar-refractivity contribution in [3.05, 3.63) is 52.9 Å². The molecule has 0 saturated heterocycles. The number of rotatable bonds is 0. The minimum Gasteiger partial charge on any atom is -0.456 e. The second kappa shape index (κ2) is 2.92. The van der Waals surface area contributed by atoms with Crippen LogP contribution in [0.25, 0.3) is 22.3 Å². The molecular weight excluding hydrogens is 190 g/mol. The molecule has 0 unspecified atom stereocenters. The number of hydrogen-bond donors (Lipinski definition) is 0. The van der Waals surface area contributed by atoms with Gasteiger partial charge in [0, 0.05) is 17.6 Å². The maximum atomic E-state index is 11.5. The molecule has 0 aliphatic carbocycles. The van der Waals surface area contributed by atoms with Crippen LogP contribution >= 0.6 is 0 Å². The molecule has 0 spiro atoms. The monoisotopic (exact) mass is 197 g/mol. The van der Waals surface area contributed by atoms with Crippen LogP contribution in [0.2, 0.25) is 0 Å². The van der Waals surface area contributed by atoms with Crippen molar-refractivity contribution in [3.8, 4) is 11.3 Å². The van der Waals surface area contributed by atoms with Crippen LogP contribution in [0.4, 0.5) is 0 Å². The van der Waals surface area contributed by atoms with Crippen LogP contribution in [0.1, 0.15) is 0 Å². The van der Waals surface area contributed by atoms with E-state index in [2.05, 4.69) is 4.98 Å². The van der Waals surface area contributed by atoms with Gasteiger partial charge in [-0.1, -0.05) is 18.2 Å². The Kier molecular flexibility index (Phi) is 1.59. The Balaban J connectivity index is 2.54. The van der Waals surface area contributed by atoms with Crippen molar-refractivity contribution in [3.63, 3.8) is 0 Å². The van der Waals surface area contributed by atoms with Crippen LogP contribution in [0.5, 0.6) is 0 Å². The zero-order valence-corrected chi connectivity index (χ0v) is 7.81. The predicted molar refractivity (Wildman–Crippen MR) is 56.9 cm³/mol. The summed E-state index contributed by atoms with van der Waals surface area (Å²) in [5.41, 5.74) is 1.05. The van der Waals surface area contributed by atoms with Gasteiger partial charge in [0.2, 0.25) is 0 Å². The number of nitrogens with zero attached hydrogens (tertiary/aromatic N) is 1. The molecule has 3 heteroatoms. The fourth-order valence-corrected chi connectivity index (χ4v) is 1.63. The molecule has 3 nitrogen and oxygen atoms in total. The lowest BCUT2D eigenvalue weighted by molar-refractivity contribution is 0.617. The van der Waals surface area contributed by atoms with E-state index in [9.17, 15) is 4.79 Å². The van der Waals surface area contributed by atoms with Crippen LogP contribution in [0.15, 0.2) is 51.8 Å². The van der Waals surface area contributed by atoms with Gasteiger partial charge in [-0.25, -0.2) is 4.98 Å². The van der Waals surface area contributed by atoms with Gasteiger partial charge < -0.3 is 4.42 Å². The SMILES string of the molecule is O=c1nccc2oc3ccccc3cc1-2. The van der Waals surface area contributed by atoms with Gasteiger partial charge in [-0.05, 0) is 12.1 Å². The summed E-state index contributed by atoms with van der Waals surface area (Å²) >= 11 is 0. The molecule has 1 aromatic rings. The number of benzene rings is 1. The molecule has 0 amide bonds. The van der Waals surface area contributed by atoms with Crippen molar-refractivity contribution < 1.29 is 4.42 Å². The average Bonchev–Trinajstić information content (AvgIpc) is 2.27. The van der Waals surface area contributed by atoms with Gasteiger partial charge in [0.25, 0.3) is 5.56 Å². The van der Waals surface area contributed by atoms with E-state index in [0.29, 0.717) is 11.3 Å². The highest BCUT2D eigenvalue weighted by Crippen LogP contribution is 2.24. The van der Waals surface area contributed by atoms with Crippen molar-refractivity contribution >= 4 is 11.0 Å². The van der Waals surface area contributed by atoms with Crippen LogP contribution in [-0.4, -0.2) is 4.98 Å². The Morgan fingerprint density at radius 1 is 1.13 bits per heavy atom. The molecule has 2 aliphatic heterocycles. The van der Waals surface area contributed by atoms with Gasteiger partial charge in [-0.2, -0.15) is 0 Å². The molecule has 2 aliphatic rings. The first-order valence-electron chi connectivity index (χ1n) is 4.62. The first-order chi connectivity index (χ1) is 7.34. The highest BCUT2D eigenvalue weighted by atomic mass is 16.3. The van der Waals surface area contributed by atoms with E-state index in [1.807, 2.05) is 30.3 Å². The normalized spacial score (nSPS) is 10.9. The number of hydrogen-bond acceptors (Lipinski definition) is 3. The quantitative estimate of drug-likeness (QED) is 0.519. The minimum absolute atomic E-state index is 0.248. The van der Waals surface area contributed by atoms with E-state index < -0.39 is 0 Å². The molecule has 0 bridgehead atoms. The first-order valence-corrected chi connectivity index (χ1v) is 4.62. The standard InChI is InChI=1S/C12H7NO2/c14-12-9-7-8-3-1-2-4-10(8)15-11(9)5-6-13-12/h1-7H. The maximum Gasteiger partial charge on any atom is 0.280 e. The lowest BCUT2D eigenvalue weighted by Crippen LogP contribution is -2.08. The van der Waals surface area contributed by atoms with Crippen LogP contribution < -0.4 is 5.56 Å². The third-order valence-electron chi connectivity index (χ3n) is 2.35. The number of aromatic nitrogens is 1. The number of para-hydroxylation sites is 1. The summed E-state index contributed by atoms with van der Waals surface area (Å²) in [5, 5.41) is 0.912. The lowest BCUT2D eigenvalue weighted by atomic mass is 10.1. The second-order valence-corrected chi connectivity index (χ2v) is 3.31. The summed E-state index contributed by atoms with van der Waals surface area (Å²) in [5.74, 6) is 0.578. The maximum absolute atomic E-state index is 11.5. The summed E-state index contributed by atoms with van der Waals surface area (Å²) in [4.78, 5) is 15.1. The molecule has 15 heavy (non-hydrogen) atoms. The predicted octanol–water partition coefficient (Wildman–Crippen LogP) is 2.29. The van der Waals surface area contributed by atoms with E-state index in [1.54, 1.807) is 6.07 Å². The Morgan fingerprint density at radius 2 is 2.00 bits per heavy atom. The third kappa shape index (κ3) is 1.21. The van der Waals surface area contributed by atoms with Gasteiger partial charge in [0.05, 0.1) is 5.56 Å². The Bertz CT molecular complexity index is 657. The van der Waals surface area contributed by atoms with E-state index >= 15 is 0 Å². The third-order valence-corrected chi connectivity index (χ3v) is 2.35. The van der Waals surface area contributed by atoms with Crippen LogP contribution in [0.3, 0.4) is 0 Å². The van der Waals surface area contributed by atoms with E-state index in [4.69, 9.17) is 4.42 Å². The number of pyridine rings is 1. The summed E-state index contributed by atoms with van der Waals surface area (Å²) in [6.07, 6.45) is 1.46. The largest absolute Gasteiger partial charge is 0.456 e. The molecule has 0 radical (unpaired) electrons.